The van der Waals surface area contributed by atoms with E-state index in [1.165, 1.54) is 25.7 Å². The van der Waals surface area contributed by atoms with Gasteiger partial charge in [0.05, 0.1) is 12.2 Å². The summed E-state index contributed by atoms with van der Waals surface area (Å²) in [5, 5.41) is 30.5. The summed E-state index contributed by atoms with van der Waals surface area (Å²) in [7, 11) is 0. The number of aliphatic carboxylic acids is 1. The summed E-state index contributed by atoms with van der Waals surface area (Å²) in [4.78, 5) is 11.1. The number of carbonyl (C=O) groups is 1. The summed E-state index contributed by atoms with van der Waals surface area (Å²) < 4.78 is 0. The number of carboxylic acid groups (broad SMARTS) is 1. The molecule has 4 aliphatic rings. The van der Waals surface area contributed by atoms with Gasteiger partial charge >= 0.3 is 35.5 Å². The summed E-state index contributed by atoms with van der Waals surface area (Å²) in [6, 6.07) is 0. The van der Waals surface area contributed by atoms with E-state index in [0.29, 0.717) is 35.5 Å². The van der Waals surface area contributed by atoms with Crippen LogP contribution in [-0.2, 0) is 4.79 Å². The molecule has 4 rings (SSSR count). The largest absolute Gasteiger partial charge is 1.00 e. The average Bonchev–Trinajstić information content (AvgIpc) is 2.98. The molecular formula is C24H41NaO4. The summed E-state index contributed by atoms with van der Waals surface area (Å²) in [5.74, 6) is 2.36. The standard InChI is InChI=1S/C24H40O4.Na.H/c1-14(4-7-21(27)28)17-5-6-18-22-19(9-11-24(17,18)3)23(2)10-8-16(25)12-15(23)13-20(22)26;;/h14-20,22,25-26H,4-13H2,1-3H3,(H,27,28);;/q;+1;-1/t14-,15+,16-,17-,18+,19+,20-,22+,23+,24-;;/m1../s1. The maximum Gasteiger partial charge on any atom is 1.00 e. The molecule has 0 saturated heterocycles. The summed E-state index contributed by atoms with van der Waals surface area (Å²) in [6.45, 7) is 7.16. The van der Waals surface area contributed by atoms with Gasteiger partial charge in [-0.2, -0.15) is 0 Å². The van der Waals surface area contributed by atoms with E-state index in [2.05, 4.69) is 20.8 Å². The van der Waals surface area contributed by atoms with Gasteiger partial charge in [-0.05, 0) is 104 Å². The van der Waals surface area contributed by atoms with E-state index in [9.17, 15) is 15.0 Å². The molecule has 0 aromatic carbocycles. The molecule has 0 aromatic rings. The molecule has 10 atom stereocenters. The number of carboxylic acids is 1. The van der Waals surface area contributed by atoms with Crippen LogP contribution in [0.5, 0.6) is 0 Å². The predicted octanol–water partition coefficient (Wildman–Crippen LogP) is 1.59. The molecule has 29 heavy (non-hydrogen) atoms. The fourth-order valence-corrected chi connectivity index (χ4v) is 8.73. The topological polar surface area (TPSA) is 77.8 Å². The van der Waals surface area contributed by atoms with Gasteiger partial charge in [-0.25, -0.2) is 0 Å². The van der Waals surface area contributed by atoms with Crippen molar-refractivity contribution in [3.8, 4) is 0 Å². The Hall–Kier alpha value is 0.390. The minimum atomic E-state index is -0.684. The van der Waals surface area contributed by atoms with Gasteiger partial charge in [-0.3, -0.25) is 4.79 Å². The minimum absolute atomic E-state index is 0. The molecule has 5 heteroatoms. The molecule has 0 amide bonds. The monoisotopic (exact) mass is 416 g/mol. The van der Waals surface area contributed by atoms with Crippen LogP contribution < -0.4 is 29.6 Å². The quantitative estimate of drug-likeness (QED) is 0.609. The van der Waals surface area contributed by atoms with Crippen LogP contribution >= 0.6 is 0 Å². The van der Waals surface area contributed by atoms with Crippen LogP contribution in [0.3, 0.4) is 0 Å². The molecule has 0 radical (unpaired) electrons. The summed E-state index contributed by atoms with van der Waals surface area (Å²) in [6.07, 6.45) is 9.19. The van der Waals surface area contributed by atoms with Crippen molar-refractivity contribution in [3.05, 3.63) is 0 Å². The van der Waals surface area contributed by atoms with Crippen molar-refractivity contribution in [2.45, 2.75) is 97.2 Å². The van der Waals surface area contributed by atoms with Crippen LogP contribution in [-0.4, -0.2) is 33.5 Å². The maximum absolute atomic E-state index is 11.2. The summed E-state index contributed by atoms with van der Waals surface area (Å²) in [5.41, 5.74) is 0.523. The summed E-state index contributed by atoms with van der Waals surface area (Å²) >= 11 is 0. The Morgan fingerprint density at radius 3 is 2.38 bits per heavy atom. The average molecular weight is 417 g/mol. The van der Waals surface area contributed by atoms with Crippen LogP contribution in [0.2, 0.25) is 0 Å². The molecule has 0 aliphatic heterocycles. The molecule has 0 unspecified atom stereocenters. The molecule has 4 aliphatic carbocycles. The number of aliphatic hydroxyl groups excluding tert-OH is 2. The van der Waals surface area contributed by atoms with Gasteiger partial charge in [0.15, 0.2) is 0 Å². The van der Waals surface area contributed by atoms with Crippen molar-refractivity contribution < 1.29 is 51.1 Å². The van der Waals surface area contributed by atoms with E-state index in [1.54, 1.807) is 0 Å². The van der Waals surface area contributed by atoms with Crippen LogP contribution in [0.15, 0.2) is 0 Å². The third-order valence-electron chi connectivity index (χ3n) is 10.2. The van der Waals surface area contributed by atoms with E-state index in [0.717, 1.165) is 32.1 Å². The van der Waals surface area contributed by atoms with E-state index >= 15 is 0 Å². The number of hydrogen-bond acceptors (Lipinski definition) is 3. The van der Waals surface area contributed by atoms with Gasteiger partial charge in [0.25, 0.3) is 0 Å². The normalized spacial score (nSPS) is 49.9. The van der Waals surface area contributed by atoms with Crippen LogP contribution in [0.4, 0.5) is 0 Å². The first-order valence-electron chi connectivity index (χ1n) is 11.7. The van der Waals surface area contributed by atoms with Crippen molar-refractivity contribution >= 4 is 5.97 Å². The van der Waals surface area contributed by atoms with Crippen molar-refractivity contribution in [2.24, 2.45) is 46.3 Å². The Morgan fingerprint density at radius 1 is 1.03 bits per heavy atom. The van der Waals surface area contributed by atoms with Gasteiger partial charge in [-0.1, -0.05) is 20.8 Å². The Labute approximate surface area is 200 Å². The molecular weight excluding hydrogens is 375 g/mol. The van der Waals surface area contributed by atoms with Crippen molar-refractivity contribution in [1.82, 2.24) is 0 Å². The molecule has 0 heterocycles. The van der Waals surface area contributed by atoms with Crippen molar-refractivity contribution in [1.29, 1.82) is 0 Å². The molecule has 4 saturated carbocycles. The molecule has 0 aromatic heterocycles. The molecule has 4 nitrogen and oxygen atoms in total. The zero-order valence-corrected chi connectivity index (χ0v) is 20.9. The van der Waals surface area contributed by atoms with E-state index in [4.69, 9.17) is 5.11 Å². The van der Waals surface area contributed by atoms with E-state index in [-0.39, 0.29) is 60.4 Å². The number of hydrogen-bond donors (Lipinski definition) is 3. The third kappa shape index (κ3) is 3.99. The first kappa shape index (κ1) is 24.0. The fourth-order valence-electron chi connectivity index (χ4n) is 8.73. The molecule has 162 valence electrons. The maximum atomic E-state index is 11.2. The zero-order chi connectivity index (χ0) is 20.3. The SMILES string of the molecule is C[C@H](CCC(=O)O)[C@H]1CC[C@H]2[C@@H]3[C@H](O)C[C@@H]4C[C@H](O)CC[C@]4(C)[C@H]3CC[C@]12C.[H-].[Na+]. The molecule has 0 bridgehead atoms. The van der Waals surface area contributed by atoms with Gasteiger partial charge in [-0.15, -0.1) is 0 Å². The Balaban J connectivity index is 0.00000160. The van der Waals surface area contributed by atoms with Gasteiger partial charge < -0.3 is 16.7 Å². The minimum Gasteiger partial charge on any atom is -1.00 e. The molecule has 0 spiro atoms. The van der Waals surface area contributed by atoms with Crippen LogP contribution in [0.25, 0.3) is 0 Å². The smallest absolute Gasteiger partial charge is 1.00 e. The molecule has 3 N–H and O–H groups in total. The van der Waals surface area contributed by atoms with Gasteiger partial charge in [0.2, 0.25) is 0 Å². The number of aliphatic hydroxyl groups is 2. The predicted molar refractivity (Wildman–Crippen MR) is 110 cm³/mol. The molecule has 4 fully saturated rings. The van der Waals surface area contributed by atoms with E-state index < -0.39 is 5.97 Å². The number of rotatable bonds is 4. The van der Waals surface area contributed by atoms with Crippen molar-refractivity contribution in [2.75, 3.05) is 0 Å². The van der Waals surface area contributed by atoms with Crippen molar-refractivity contribution in [3.63, 3.8) is 0 Å². The van der Waals surface area contributed by atoms with Gasteiger partial charge in [0.1, 0.15) is 0 Å². The second-order valence-electron chi connectivity index (χ2n) is 11.4. The van der Waals surface area contributed by atoms with Crippen LogP contribution in [0.1, 0.15) is 86.4 Å². The fraction of sp³-hybridized carbons (Fsp3) is 0.958. The second-order valence-corrected chi connectivity index (χ2v) is 11.4. The Bertz CT molecular complexity index is 618. The first-order chi connectivity index (χ1) is 13.2. The van der Waals surface area contributed by atoms with E-state index in [1.807, 2.05) is 0 Å². The van der Waals surface area contributed by atoms with Crippen LogP contribution in [0, 0.1) is 46.3 Å². The Morgan fingerprint density at radius 2 is 1.69 bits per heavy atom. The second kappa shape index (κ2) is 8.73. The zero-order valence-electron chi connectivity index (χ0n) is 19.9. The third-order valence-corrected chi connectivity index (χ3v) is 10.2. The van der Waals surface area contributed by atoms with Gasteiger partial charge in [0, 0.05) is 6.42 Å². The first-order valence-corrected chi connectivity index (χ1v) is 11.7. The Kier molecular flexibility index (Phi) is 7.24. The number of fused-ring (bicyclic) bond motifs is 5.